The van der Waals surface area contributed by atoms with Crippen LogP contribution in [0.3, 0.4) is 0 Å². The lowest BCUT2D eigenvalue weighted by Crippen LogP contribution is -2.66. The van der Waals surface area contributed by atoms with Gasteiger partial charge < -0.3 is 54.7 Å². The van der Waals surface area contributed by atoms with Crippen molar-refractivity contribution in [2.45, 2.75) is 187 Å². The molecular weight excluding hydrogens is 680 g/mol. The van der Waals surface area contributed by atoms with Crippen LogP contribution in [-0.2, 0) is 18.9 Å². The van der Waals surface area contributed by atoms with Gasteiger partial charge in [-0.05, 0) is 109 Å². The number of ether oxygens (including phenoxy) is 4. The number of hydrogen-bond donors (Lipinski definition) is 7. The molecule has 11 heteroatoms. The molecule has 2 saturated heterocycles. The molecule has 53 heavy (non-hydrogen) atoms. The monoisotopic (exact) mass is 750 g/mol. The fourth-order valence-corrected chi connectivity index (χ4v) is 13.6. The molecule has 304 valence electrons. The van der Waals surface area contributed by atoms with Crippen LogP contribution in [-0.4, -0.2) is 116 Å². The SMILES string of the molecule is CC1(C)CCC2(C)CCC3(C)C(CCC4C5(C)CCC(O[C@@H]6OC(CO)[C@@H](O)[C@H](O)C6O[C@@H]6OC(CO)[C@@H](O)[C@H](O)C6O)C(C)(C)C5=CCC43C)C2C1. The van der Waals surface area contributed by atoms with Crippen molar-refractivity contribution in [1.82, 2.24) is 0 Å². The van der Waals surface area contributed by atoms with Crippen molar-refractivity contribution in [3.05, 3.63) is 11.6 Å². The van der Waals surface area contributed by atoms with Gasteiger partial charge in [0.1, 0.15) is 48.8 Å². The van der Waals surface area contributed by atoms with Gasteiger partial charge in [0.25, 0.3) is 0 Å². The van der Waals surface area contributed by atoms with Crippen LogP contribution in [0.5, 0.6) is 0 Å². The highest BCUT2D eigenvalue weighted by Gasteiger charge is 2.68. The van der Waals surface area contributed by atoms with Crippen molar-refractivity contribution in [3.63, 3.8) is 0 Å². The second-order valence-electron chi connectivity index (χ2n) is 20.8. The van der Waals surface area contributed by atoms with E-state index in [2.05, 4.69) is 61.5 Å². The number of rotatable bonds is 6. The van der Waals surface area contributed by atoms with Crippen molar-refractivity contribution in [2.24, 2.45) is 50.2 Å². The van der Waals surface area contributed by atoms with Gasteiger partial charge in [0, 0.05) is 5.41 Å². The standard InChI is InChI=1S/C42H70O11/c1-37(2)15-16-39(5)17-18-41(7)22(23(39)19-37)9-10-27-40(6)13-12-28(38(3,4)26(40)11-14-42(27,41)8)52-36-34(32(48)30(46)25(21-44)51-36)53-35-33(49)31(47)29(45)24(20-43)50-35/h11,22-25,27-36,43-49H,9-10,12-21H2,1-8H3/t22?,23?,24?,25?,27?,28?,29-,30-,31+,32+,33?,34?,35+,36+,39?,40?,41?,42?/m1/s1. The average molecular weight is 751 g/mol. The molecule has 0 aromatic heterocycles. The molecule has 4 saturated carbocycles. The van der Waals surface area contributed by atoms with Gasteiger partial charge in [-0.3, -0.25) is 0 Å². The number of allylic oxidation sites excluding steroid dienone is 1. The first-order valence-corrected chi connectivity index (χ1v) is 20.6. The maximum atomic E-state index is 11.3. The summed E-state index contributed by atoms with van der Waals surface area (Å²) in [6, 6.07) is 0. The third-order valence-electron chi connectivity index (χ3n) is 17.2. The van der Waals surface area contributed by atoms with Gasteiger partial charge >= 0.3 is 0 Å². The molecule has 12 unspecified atom stereocenters. The molecule has 7 aliphatic rings. The molecular formula is C42H70O11. The van der Waals surface area contributed by atoms with Crippen molar-refractivity contribution < 1.29 is 54.7 Å². The molecule has 2 heterocycles. The molecule has 18 atom stereocenters. The third-order valence-corrected chi connectivity index (χ3v) is 17.2. The maximum absolute atomic E-state index is 11.3. The highest BCUT2D eigenvalue weighted by molar-refractivity contribution is 5.34. The first-order chi connectivity index (χ1) is 24.7. The Kier molecular flexibility index (Phi) is 10.5. The van der Waals surface area contributed by atoms with Crippen molar-refractivity contribution >= 4 is 0 Å². The van der Waals surface area contributed by atoms with E-state index in [4.69, 9.17) is 18.9 Å². The second-order valence-corrected chi connectivity index (χ2v) is 20.8. The Labute approximate surface area is 316 Å². The summed E-state index contributed by atoms with van der Waals surface area (Å²) in [5, 5.41) is 73.3. The number of fused-ring (bicyclic) bond motifs is 7. The zero-order valence-corrected chi connectivity index (χ0v) is 33.4. The van der Waals surface area contributed by atoms with Crippen LogP contribution >= 0.6 is 0 Å². The Morgan fingerprint density at radius 3 is 1.92 bits per heavy atom. The highest BCUT2D eigenvalue weighted by Crippen LogP contribution is 2.76. The van der Waals surface area contributed by atoms with E-state index >= 15 is 0 Å². The van der Waals surface area contributed by atoms with Crippen molar-refractivity contribution in [2.75, 3.05) is 13.2 Å². The molecule has 2 aliphatic heterocycles. The minimum Gasteiger partial charge on any atom is -0.394 e. The molecule has 7 N–H and O–H groups in total. The smallest absolute Gasteiger partial charge is 0.187 e. The Bertz CT molecular complexity index is 1380. The van der Waals surface area contributed by atoms with E-state index in [-0.39, 0.29) is 22.3 Å². The van der Waals surface area contributed by atoms with Gasteiger partial charge in [-0.2, -0.15) is 0 Å². The van der Waals surface area contributed by atoms with E-state index in [1.165, 1.54) is 50.5 Å². The minimum absolute atomic E-state index is 0.0279. The number of hydrogen-bond acceptors (Lipinski definition) is 11. The van der Waals surface area contributed by atoms with Gasteiger partial charge in [-0.1, -0.05) is 67.0 Å². The zero-order valence-electron chi connectivity index (χ0n) is 33.4. The van der Waals surface area contributed by atoms with Gasteiger partial charge in [0.05, 0.1) is 19.3 Å². The van der Waals surface area contributed by atoms with Gasteiger partial charge in [-0.15, -0.1) is 0 Å². The predicted molar refractivity (Wildman–Crippen MR) is 196 cm³/mol. The molecule has 6 fully saturated rings. The topological polar surface area (TPSA) is 179 Å². The molecule has 5 aliphatic carbocycles. The zero-order chi connectivity index (χ0) is 38.7. The van der Waals surface area contributed by atoms with Gasteiger partial charge in [0.15, 0.2) is 12.6 Å². The summed E-state index contributed by atoms with van der Waals surface area (Å²) in [7, 11) is 0. The lowest BCUT2D eigenvalue weighted by atomic mass is 9.33. The van der Waals surface area contributed by atoms with E-state index in [9.17, 15) is 35.7 Å². The van der Waals surface area contributed by atoms with Crippen LogP contribution in [0.4, 0.5) is 0 Å². The van der Waals surface area contributed by atoms with Crippen LogP contribution in [0, 0.1) is 50.2 Å². The Balaban J connectivity index is 1.15. The van der Waals surface area contributed by atoms with E-state index in [1.807, 2.05) is 0 Å². The first-order valence-electron chi connectivity index (χ1n) is 20.6. The minimum atomic E-state index is -1.72. The van der Waals surface area contributed by atoms with Crippen molar-refractivity contribution in [1.29, 1.82) is 0 Å². The van der Waals surface area contributed by atoms with Gasteiger partial charge in [0.2, 0.25) is 0 Å². The average Bonchev–Trinajstić information content (AvgIpc) is 3.10. The third kappa shape index (κ3) is 6.16. The second kappa shape index (κ2) is 13.7. The molecule has 7 rings (SSSR count). The van der Waals surface area contributed by atoms with Crippen LogP contribution in [0.25, 0.3) is 0 Å². The summed E-state index contributed by atoms with van der Waals surface area (Å²) in [5.74, 6) is 2.03. The summed E-state index contributed by atoms with van der Waals surface area (Å²) in [6.45, 7) is 18.6. The maximum Gasteiger partial charge on any atom is 0.187 e. The Morgan fingerprint density at radius 2 is 1.26 bits per heavy atom. The van der Waals surface area contributed by atoms with Crippen LogP contribution in [0.15, 0.2) is 11.6 Å². The lowest BCUT2D eigenvalue weighted by Gasteiger charge is -2.72. The molecule has 0 spiro atoms. The van der Waals surface area contributed by atoms with E-state index in [1.54, 1.807) is 0 Å². The summed E-state index contributed by atoms with van der Waals surface area (Å²) in [4.78, 5) is 0. The van der Waals surface area contributed by atoms with Crippen LogP contribution in [0.1, 0.15) is 120 Å². The molecule has 0 bridgehead atoms. The summed E-state index contributed by atoms with van der Waals surface area (Å²) in [6.07, 6.45) is -0.779. The van der Waals surface area contributed by atoms with E-state index < -0.39 is 80.0 Å². The fraction of sp³-hybridized carbons (Fsp3) is 0.952. The molecule has 0 radical (unpaired) electrons. The molecule has 0 aromatic rings. The number of aliphatic hydroxyl groups is 7. The van der Waals surface area contributed by atoms with Crippen molar-refractivity contribution in [3.8, 4) is 0 Å². The quantitative estimate of drug-likeness (QED) is 0.197. The molecule has 11 nitrogen and oxygen atoms in total. The largest absolute Gasteiger partial charge is 0.394 e. The first kappa shape index (κ1) is 40.5. The van der Waals surface area contributed by atoms with Crippen LogP contribution in [0.2, 0.25) is 0 Å². The van der Waals surface area contributed by atoms with E-state index in [0.717, 1.165) is 31.1 Å². The molecule has 0 amide bonds. The predicted octanol–water partition coefficient (Wildman–Crippen LogP) is 3.82. The molecule has 0 aromatic carbocycles. The summed E-state index contributed by atoms with van der Waals surface area (Å²) < 4.78 is 24.5. The van der Waals surface area contributed by atoms with Gasteiger partial charge in [-0.25, -0.2) is 0 Å². The fourth-order valence-electron chi connectivity index (χ4n) is 13.6. The Hall–Kier alpha value is -0.700. The summed E-state index contributed by atoms with van der Waals surface area (Å²) >= 11 is 0. The normalized spacial score (nSPS) is 54.8. The van der Waals surface area contributed by atoms with Crippen LogP contribution < -0.4 is 0 Å². The lowest BCUT2D eigenvalue weighted by molar-refractivity contribution is -0.375. The summed E-state index contributed by atoms with van der Waals surface area (Å²) in [5.41, 5.74) is 2.22. The highest BCUT2D eigenvalue weighted by atomic mass is 16.8. The number of aliphatic hydroxyl groups excluding tert-OH is 7. The Morgan fingerprint density at radius 1 is 0.642 bits per heavy atom. The van der Waals surface area contributed by atoms with E-state index in [0.29, 0.717) is 16.7 Å².